The number of aryl methyl sites for hydroxylation is 1. The van der Waals surface area contributed by atoms with Crippen molar-refractivity contribution in [1.82, 2.24) is 15.0 Å². The fourth-order valence-electron chi connectivity index (χ4n) is 2.17. The molecule has 94 valence electrons. The third-order valence-electron chi connectivity index (χ3n) is 3.00. The molecule has 0 radical (unpaired) electrons. The predicted molar refractivity (Wildman–Crippen MR) is 59.1 cm³/mol. The van der Waals surface area contributed by atoms with Gasteiger partial charge >= 0.3 is 5.97 Å². The highest BCUT2D eigenvalue weighted by molar-refractivity contribution is 5.75. The van der Waals surface area contributed by atoms with Gasteiger partial charge in [-0.3, -0.25) is 9.69 Å². The average molecular weight is 239 g/mol. The molecule has 6 nitrogen and oxygen atoms in total. The molecule has 1 aromatic rings. The van der Waals surface area contributed by atoms with E-state index in [1.165, 1.54) is 7.11 Å². The Morgan fingerprint density at radius 3 is 3.06 bits per heavy atom. The SMILES string of the molecule is COC(=O)C1CCCCN1Cc1noc(C)n1. The van der Waals surface area contributed by atoms with E-state index in [1.54, 1.807) is 6.92 Å². The van der Waals surface area contributed by atoms with Crippen LogP contribution in [0.4, 0.5) is 0 Å². The Bertz CT molecular complexity index is 391. The third-order valence-corrected chi connectivity index (χ3v) is 3.00. The summed E-state index contributed by atoms with van der Waals surface area (Å²) in [5.41, 5.74) is 0. The van der Waals surface area contributed by atoms with E-state index < -0.39 is 0 Å². The number of rotatable bonds is 3. The van der Waals surface area contributed by atoms with Crippen LogP contribution < -0.4 is 0 Å². The lowest BCUT2D eigenvalue weighted by Crippen LogP contribution is -2.44. The second-order valence-corrected chi connectivity index (χ2v) is 4.23. The summed E-state index contributed by atoms with van der Waals surface area (Å²) >= 11 is 0. The second kappa shape index (κ2) is 5.27. The zero-order valence-corrected chi connectivity index (χ0v) is 10.2. The van der Waals surface area contributed by atoms with Gasteiger partial charge < -0.3 is 9.26 Å². The molecule has 1 aromatic heterocycles. The number of likely N-dealkylation sites (tertiary alicyclic amines) is 1. The molecule has 0 saturated carbocycles. The van der Waals surface area contributed by atoms with Gasteiger partial charge in [0.2, 0.25) is 5.89 Å². The van der Waals surface area contributed by atoms with Crippen molar-refractivity contribution < 1.29 is 14.1 Å². The number of nitrogens with zero attached hydrogens (tertiary/aromatic N) is 3. The van der Waals surface area contributed by atoms with Gasteiger partial charge in [0.1, 0.15) is 6.04 Å². The molecule has 0 amide bonds. The van der Waals surface area contributed by atoms with Crippen LogP contribution in [-0.2, 0) is 16.1 Å². The van der Waals surface area contributed by atoms with Gasteiger partial charge in [-0.1, -0.05) is 11.6 Å². The second-order valence-electron chi connectivity index (χ2n) is 4.23. The smallest absolute Gasteiger partial charge is 0.323 e. The molecular formula is C11H17N3O3. The van der Waals surface area contributed by atoms with Gasteiger partial charge in [-0.15, -0.1) is 0 Å². The number of carbonyl (C=O) groups excluding carboxylic acids is 1. The maximum absolute atomic E-state index is 11.6. The van der Waals surface area contributed by atoms with Gasteiger partial charge in [-0.2, -0.15) is 4.98 Å². The van der Waals surface area contributed by atoms with Crippen molar-refractivity contribution in [3.05, 3.63) is 11.7 Å². The monoisotopic (exact) mass is 239 g/mol. The molecule has 17 heavy (non-hydrogen) atoms. The number of hydrogen-bond acceptors (Lipinski definition) is 6. The van der Waals surface area contributed by atoms with Gasteiger partial charge in [0.25, 0.3) is 0 Å². The van der Waals surface area contributed by atoms with E-state index in [1.807, 2.05) is 0 Å². The van der Waals surface area contributed by atoms with E-state index in [2.05, 4.69) is 15.0 Å². The first-order valence-corrected chi connectivity index (χ1v) is 5.82. The van der Waals surface area contributed by atoms with Gasteiger partial charge in [0.05, 0.1) is 13.7 Å². The van der Waals surface area contributed by atoms with Gasteiger partial charge in [-0.25, -0.2) is 0 Å². The summed E-state index contributed by atoms with van der Waals surface area (Å²) in [4.78, 5) is 17.9. The Labute approximate surface area is 99.9 Å². The third kappa shape index (κ3) is 2.82. The van der Waals surface area contributed by atoms with E-state index in [-0.39, 0.29) is 12.0 Å². The Morgan fingerprint density at radius 1 is 1.59 bits per heavy atom. The first kappa shape index (κ1) is 12.0. The fourth-order valence-corrected chi connectivity index (χ4v) is 2.17. The summed E-state index contributed by atoms with van der Waals surface area (Å²) < 4.78 is 9.74. The molecule has 1 aliphatic rings. The molecule has 1 aliphatic heterocycles. The Kier molecular flexibility index (Phi) is 3.73. The minimum Gasteiger partial charge on any atom is -0.468 e. The summed E-state index contributed by atoms with van der Waals surface area (Å²) in [7, 11) is 1.42. The van der Waals surface area contributed by atoms with Crippen molar-refractivity contribution in [3.63, 3.8) is 0 Å². The molecule has 0 bridgehead atoms. The average Bonchev–Trinajstić information content (AvgIpc) is 2.74. The molecule has 0 aliphatic carbocycles. The standard InChI is InChI=1S/C11H17N3O3/c1-8-12-10(13-17-8)7-14-6-4-3-5-9(14)11(15)16-2/h9H,3-7H2,1-2H3. The molecule has 0 aromatic carbocycles. The highest BCUT2D eigenvalue weighted by atomic mass is 16.5. The highest BCUT2D eigenvalue weighted by Crippen LogP contribution is 2.19. The lowest BCUT2D eigenvalue weighted by Gasteiger charge is -2.32. The number of ether oxygens (including phenoxy) is 1. The van der Waals surface area contributed by atoms with Crippen LogP contribution in [0.15, 0.2) is 4.52 Å². The Balaban J connectivity index is 2.03. The normalized spacial score (nSPS) is 21.4. The molecule has 2 heterocycles. The number of piperidine rings is 1. The largest absolute Gasteiger partial charge is 0.468 e. The minimum absolute atomic E-state index is 0.174. The fraction of sp³-hybridized carbons (Fsp3) is 0.727. The van der Waals surface area contributed by atoms with Crippen LogP contribution in [0.1, 0.15) is 31.0 Å². The molecule has 6 heteroatoms. The number of hydrogen-bond donors (Lipinski definition) is 0. The number of aromatic nitrogens is 2. The van der Waals surface area contributed by atoms with E-state index in [9.17, 15) is 4.79 Å². The minimum atomic E-state index is -0.176. The lowest BCUT2D eigenvalue weighted by molar-refractivity contribution is -0.148. The summed E-state index contributed by atoms with van der Waals surface area (Å²) in [6, 6.07) is -0.174. The zero-order chi connectivity index (χ0) is 12.3. The van der Waals surface area contributed by atoms with Crippen molar-refractivity contribution in [1.29, 1.82) is 0 Å². The Morgan fingerprint density at radius 2 is 2.41 bits per heavy atom. The summed E-state index contributed by atoms with van der Waals surface area (Å²) in [6.07, 6.45) is 2.98. The van der Waals surface area contributed by atoms with Crippen LogP contribution in [0.3, 0.4) is 0 Å². The van der Waals surface area contributed by atoms with Crippen LogP contribution in [-0.4, -0.2) is 40.7 Å². The maximum atomic E-state index is 11.6. The first-order valence-electron chi connectivity index (χ1n) is 5.82. The van der Waals surface area contributed by atoms with Crippen molar-refractivity contribution >= 4 is 5.97 Å². The number of carbonyl (C=O) groups is 1. The van der Waals surface area contributed by atoms with Crippen molar-refractivity contribution in [3.8, 4) is 0 Å². The van der Waals surface area contributed by atoms with E-state index >= 15 is 0 Å². The van der Waals surface area contributed by atoms with Crippen LogP contribution in [0, 0.1) is 6.92 Å². The molecule has 1 saturated heterocycles. The van der Waals surface area contributed by atoms with Crippen LogP contribution in [0.5, 0.6) is 0 Å². The van der Waals surface area contributed by atoms with Crippen molar-refractivity contribution in [2.45, 2.75) is 38.8 Å². The van der Waals surface area contributed by atoms with Gasteiger partial charge in [0, 0.05) is 6.92 Å². The maximum Gasteiger partial charge on any atom is 0.323 e. The molecular weight excluding hydrogens is 222 g/mol. The van der Waals surface area contributed by atoms with Gasteiger partial charge in [0.15, 0.2) is 5.82 Å². The van der Waals surface area contributed by atoms with Crippen LogP contribution in [0.2, 0.25) is 0 Å². The predicted octanol–water partition coefficient (Wildman–Crippen LogP) is 0.906. The molecule has 1 unspecified atom stereocenters. The lowest BCUT2D eigenvalue weighted by atomic mass is 10.0. The van der Waals surface area contributed by atoms with E-state index in [4.69, 9.17) is 9.26 Å². The molecule has 0 N–H and O–H groups in total. The highest BCUT2D eigenvalue weighted by Gasteiger charge is 2.30. The van der Waals surface area contributed by atoms with E-state index in [0.29, 0.717) is 18.3 Å². The molecule has 0 spiro atoms. The molecule has 2 rings (SSSR count). The zero-order valence-electron chi connectivity index (χ0n) is 10.2. The Hall–Kier alpha value is -1.43. The first-order chi connectivity index (χ1) is 8.20. The van der Waals surface area contributed by atoms with Crippen LogP contribution in [0.25, 0.3) is 0 Å². The van der Waals surface area contributed by atoms with Crippen molar-refractivity contribution in [2.75, 3.05) is 13.7 Å². The topological polar surface area (TPSA) is 68.5 Å². The number of methoxy groups -OCH3 is 1. The summed E-state index contributed by atoms with van der Waals surface area (Å²) in [5, 5.41) is 3.85. The number of esters is 1. The quantitative estimate of drug-likeness (QED) is 0.730. The molecule has 1 atom stereocenters. The van der Waals surface area contributed by atoms with Crippen LogP contribution >= 0.6 is 0 Å². The van der Waals surface area contributed by atoms with Gasteiger partial charge in [-0.05, 0) is 19.4 Å². The summed E-state index contributed by atoms with van der Waals surface area (Å²) in [5.74, 6) is 0.995. The van der Waals surface area contributed by atoms with Crippen molar-refractivity contribution in [2.24, 2.45) is 0 Å². The van der Waals surface area contributed by atoms with E-state index in [0.717, 1.165) is 25.8 Å². The molecule has 1 fully saturated rings. The summed E-state index contributed by atoms with van der Waals surface area (Å²) in [6.45, 7) is 3.16.